The number of methoxy groups -OCH3 is 1. The molecule has 1 aromatic heterocycles. The average Bonchev–Trinajstić information content (AvgIpc) is 2.88. The minimum Gasteiger partial charge on any atom is -0.496 e. The van der Waals surface area contributed by atoms with Crippen LogP contribution in [0.1, 0.15) is 47.2 Å². The van der Waals surface area contributed by atoms with E-state index in [-0.39, 0.29) is 6.04 Å². The van der Waals surface area contributed by atoms with Gasteiger partial charge in [0, 0.05) is 0 Å². The lowest BCUT2D eigenvalue weighted by molar-refractivity contribution is 0.404. The van der Waals surface area contributed by atoms with Crippen LogP contribution in [0.25, 0.3) is 0 Å². The van der Waals surface area contributed by atoms with Gasteiger partial charge in [0.25, 0.3) is 0 Å². The Kier molecular flexibility index (Phi) is 4.08. The molecule has 106 valence electrons. The van der Waals surface area contributed by atoms with Gasteiger partial charge in [-0.1, -0.05) is 30.7 Å². The van der Waals surface area contributed by atoms with Gasteiger partial charge in [-0.05, 0) is 48.4 Å². The highest BCUT2D eigenvalue weighted by atomic mass is 32.1. The van der Waals surface area contributed by atoms with Gasteiger partial charge < -0.3 is 10.1 Å². The van der Waals surface area contributed by atoms with E-state index in [1.54, 1.807) is 18.4 Å². The van der Waals surface area contributed by atoms with Crippen molar-refractivity contribution in [1.29, 1.82) is 0 Å². The molecule has 1 aromatic carbocycles. The van der Waals surface area contributed by atoms with Crippen LogP contribution >= 0.6 is 11.3 Å². The van der Waals surface area contributed by atoms with Crippen molar-refractivity contribution < 1.29 is 4.74 Å². The Bertz CT molecular complexity index is 574. The van der Waals surface area contributed by atoms with Crippen molar-refractivity contribution in [2.45, 2.75) is 31.2 Å². The largest absolute Gasteiger partial charge is 0.496 e. The molecule has 3 rings (SSSR count). The van der Waals surface area contributed by atoms with Gasteiger partial charge in [0.2, 0.25) is 0 Å². The first-order valence-corrected chi connectivity index (χ1v) is 8.10. The molecule has 0 spiro atoms. The monoisotopic (exact) mass is 287 g/mol. The van der Waals surface area contributed by atoms with Gasteiger partial charge in [-0.25, -0.2) is 0 Å². The zero-order valence-electron chi connectivity index (χ0n) is 12.1. The zero-order valence-corrected chi connectivity index (χ0v) is 12.9. The Labute approximate surface area is 124 Å². The summed E-state index contributed by atoms with van der Waals surface area (Å²) in [7, 11) is 3.78. The third-order valence-electron chi connectivity index (χ3n) is 4.28. The van der Waals surface area contributed by atoms with Crippen LogP contribution in [-0.4, -0.2) is 14.2 Å². The van der Waals surface area contributed by atoms with E-state index in [0.29, 0.717) is 0 Å². The van der Waals surface area contributed by atoms with E-state index in [0.717, 1.165) is 11.7 Å². The molecule has 1 N–H and O–H groups in total. The van der Waals surface area contributed by atoms with E-state index in [1.807, 2.05) is 7.05 Å². The molecule has 1 unspecified atom stereocenters. The number of hydrogen-bond donors (Lipinski definition) is 1. The third-order valence-corrected chi connectivity index (χ3v) is 5.24. The number of thiophene rings is 1. The Morgan fingerprint density at radius 3 is 2.70 bits per heavy atom. The van der Waals surface area contributed by atoms with Gasteiger partial charge in [-0.3, -0.25) is 0 Å². The van der Waals surface area contributed by atoms with E-state index in [4.69, 9.17) is 4.74 Å². The van der Waals surface area contributed by atoms with Crippen LogP contribution in [0, 0.1) is 0 Å². The Balaban J connectivity index is 2.01. The van der Waals surface area contributed by atoms with Crippen molar-refractivity contribution >= 4 is 11.3 Å². The van der Waals surface area contributed by atoms with E-state index in [2.05, 4.69) is 41.0 Å². The van der Waals surface area contributed by atoms with Crippen LogP contribution < -0.4 is 10.1 Å². The van der Waals surface area contributed by atoms with Crippen molar-refractivity contribution in [1.82, 2.24) is 5.32 Å². The molecule has 1 aliphatic rings. The highest BCUT2D eigenvalue weighted by molar-refractivity contribution is 7.10. The van der Waals surface area contributed by atoms with Gasteiger partial charge in [0.15, 0.2) is 0 Å². The lowest BCUT2D eigenvalue weighted by Gasteiger charge is -2.30. The molecule has 1 atom stereocenters. The maximum atomic E-state index is 5.50. The van der Waals surface area contributed by atoms with E-state index in [9.17, 15) is 0 Å². The average molecular weight is 287 g/mol. The summed E-state index contributed by atoms with van der Waals surface area (Å²) in [5.41, 5.74) is 2.91. The molecule has 20 heavy (non-hydrogen) atoms. The zero-order chi connectivity index (χ0) is 13.9. The van der Waals surface area contributed by atoms with Gasteiger partial charge in [0.05, 0.1) is 18.0 Å². The summed E-state index contributed by atoms with van der Waals surface area (Å²) in [6.07, 6.45) is 4.02. The van der Waals surface area contributed by atoms with Gasteiger partial charge >= 0.3 is 0 Å². The summed E-state index contributed by atoms with van der Waals surface area (Å²) in [6.45, 7) is 0. The van der Waals surface area contributed by atoms with Gasteiger partial charge in [0.1, 0.15) is 5.75 Å². The van der Waals surface area contributed by atoms with Crippen molar-refractivity contribution in [2.75, 3.05) is 14.2 Å². The number of benzene rings is 1. The highest BCUT2D eigenvalue weighted by Gasteiger charge is 2.26. The van der Waals surface area contributed by atoms with E-state index >= 15 is 0 Å². The predicted molar refractivity (Wildman–Crippen MR) is 84.8 cm³/mol. The summed E-state index contributed by atoms with van der Waals surface area (Å²) in [5.74, 6) is 1.73. The number of nitrogens with one attached hydrogen (secondary N) is 1. The summed E-state index contributed by atoms with van der Waals surface area (Å²) >= 11 is 1.76. The highest BCUT2D eigenvalue weighted by Crippen LogP contribution is 2.42. The quantitative estimate of drug-likeness (QED) is 0.883. The van der Waals surface area contributed by atoms with Crippen LogP contribution in [0.2, 0.25) is 0 Å². The fraction of sp³-hybridized carbons (Fsp3) is 0.412. The minimum atomic E-state index is 0.224. The van der Waals surface area contributed by atoms with E-state index < -0.39 is 0 Å². The first-order chi connectivity index (χ1) is 9.85. The van der Waals surface area contributed by atoms with Gasteiger partial charge in [-0.15, -0.1) is 11.3 Å². The topological polar surface area (TPSA) is 21.3 Å². The molecule has 0 amide bonds. The molecule has 3 heteroatoms. The molecule has 1 heterocycles. The van der Waals surface area contributed by atoms with Crippen LogP contribution in [0.4, 0.5) is 0 Å². The van der Waals surface area contributed by atoms with Gasteiger partial charge in [-0.2, -0.15) is 0 Å². The second-order valence-electron chi connectivity index (χ2n) is 5.33. The fourth-order valence-corrected chi connectivity index (χ4v) is 3.97. The normalized spacial score (nSPS) is 16.7. The molecular weight excluding hydrogens is 266 g/mol. The summed E-state index contributed by atoms with van der Waals surface area (Å²) in [6, 6.07) is 11.1. The van der Waals surface area contributed by atoms with Crippen LogP contribution in [-0.2, 0) is 0 Å². The number of rotatable bonds is 5. The molecular formula is C17H21NOS. The molecule has 2 nitrogen and oxygen atoms in total. The van der Waals surface area contributed by atoms with Crippen LogP contribution in [0.3, 0.4) is 0 Å². The maximum Gasteiger partial charge on any atom is 0.134 e. The third kappa shape index (κ3) is 2.36. The molecule has 0 radical (unpaired) electrons. The van der Waals surface area contributed by atoms with Crippen LogP contribution in [0.15, 0.2) is 35.7 Å². The number of hydrogen-bond acceptors (Lipinski definition) is 3. The lowest BCUT2D eigenvalue weighted by Crippen LogP contribution is -2.21. The lowest BCUT2D eigenvalue weighted by atomic mass is 9.77. The molecule has 2 aromatic rings. The second kappa shape index (κ2) is 5.98. The standard InChI is InChI=1S/C17H21NOS/c1-18-16(17-15(19-2)10-11-20-17)14-9-4-3-8-13(14)12-6-5-7-12/h3-4,8-12,16,18H,5-7H2,1-2H3. The smallest absolute Gasteiger partial charge is 0.134 e. The molecule has 1 fully saturated rings. The molecule has 0 bridgehead atoms. The maximum absolute atomic E-state index is 5.50. The van der Waals surface area contributed by atoms with Crippen molar-refractivity contribution in [2.24, 2.45) is 0 Å². The SMILES string of the molecule is CNC(c1ccccc1C1CCC1)c1sccc1OC. The summed E-state index contributed by atoms with van der Waals surface area (Å²) in [4.78, 5) is 1.27. The first-order valence-electron chi connectivity index (χ1n) is 7.22. The number of ether oxygens (including phenoxy) is 1. The second-order valence-corrected chi connectivity index (χ2v) is 6.28. The van der Waals surface area contributed by atoms with Crippen LogP contribution in [0.5, 0.6) is 5.75 Å². The van der Waals surface area contributed by atoms with Crippen molar-refractivity contribution in [3.63, 3.8) is 0 Å². The Morgan fingerprint density at radius 1 is 1.25 bits per heavy atom. The summed E-state index contributed by atoms with van der Waals surface area (Å²) < 4.78 is 5.50. The summed E-state index contributed by atoms with van der Waals surface area (Å²) in [5, 5.41) is 5.57. The molecule has 0 aliphatic heterocycles. The predicted octanol–water partition coefficient (Wildman–Crippen LogP) is 4.33. The van der Waals surface area contributed by atoms with E-state index in [1.165, 1.54) is 35.3 Å². The molecule has 1 aliphatic carbocycles. The van der Waals surface area contributed by atoms with Crippen molar-refractivity contribution in [3.05, 3.63) is 51.7 Å². The Hall–Kier alpha value is -1.32. The Morgan fingerprint density at radius 2 is 2.05 bits per heavy atom. The fourth-order valence-electron chi connectivity index (χ4n) is 2.98. The minimum absolute atomic E-state index is 0.224. The molecule has 0 saturated heterocycles. The van der Waals surface area contributed by atoms with Crippen molar-refractivity contribution in [3.8, 4) is 5.75 Å². The molecule has 1 saturated carbocycles. The first kappa shape index (κ1) is 13.7.